The minimum atomic E-state index is -0.637. The summed E-state index contributed by atoms with van der Waals surface area (Å²) in [5.74, 6) is 0.0213. The summed E-state index contributed by atoms with van der Waals surface area (Å²) in [5, 5.41) is 5.52. The summed E-state index contributed by atoms with van der Waals surface area (Å²) in [6, 6.07) is 14.8. The van der Waals surface area contributed by atoms with Crippen LogP contribution in [0, 0.1) is 0 Å². The van der Waals surface area contributed by atoms with Crippen molar-refractivity contribution in [3.8, 4) is 0 Å². The fraction of sp³-hybridized carbons (Fsp3) is 0.421. The Kier molecular flexibility index (Phi) is 6.03. The van der Waals surface area contributed by atoms with Gasteiger partial charge in [-0.15, -0.1) is 12.4 Å². The number of fused-ring (bicyclic) bond motifs is 1. The Morgan fingerprint density at radius 3 is 2.48 bits per heavy atom. The highest BCUT2D eigenvalue weighted by Crippen LogP contribution is 2.25. The SMILES string of the molecule is Cl.NC1(C(=O)NCCc2ccc3ccccc3c2)CCCCC1. The number of amides is 1. The molecule has 0 atom stereocenters. The van der Waals surface area contributed by atoms with Crippen LogP contribution in [0.25, 0.3) is 10.8 Å². The molecular formula is C19H25ClN2O. The highest BCUT2D eigenvalue weighted by molar-refractivity contribution is 5.86. The van der Waals surface area contributed by atoms with Crippen LogP contribution >= 0.6 is 12.4 Å². The Hall–Kier alpha value is -1.58. The summed E-state index contributed by atoms with van der Waals surface area (Å²) in [6.45, 7) is 0.649. The van der Waals surface area contributed by atoms with Gasteiger partial charge in [-0.05, 0) is 35.6 Å². The van der Waals surface area contributed by atoms with E-state index < -0.39 is 5.54 Å². The maximum Gasteiger partial charge on any atom is 0.240 e. The van der Waals surface area contributed by atoms with E-state index in [1.807, 2.05) is 6.07 Å². The van der Waals surface area contributed by atoms with Gasteiger partial charge in [-0.2, -0.15) is 0 Å². The fourth-order valence-electron chi connectivity index (χ4n) is 3.30. The first-order valence-corrected chi connectivity index (χ1v) is 8.22. The molecule has 4 heteroatoms. The van der Waals surface area contributed by atoms with Gasteiger partial charge in [-0.3, -0.25) is 4.79 Å². The molecule has 0 saturated heterocycles. The highest BCUT2D eigenvalue weighted by atomic mass is 35.5. The molecule has 1 fully saturated rings. The number of nitrogens with one attached hydrogen (secondary N) is 1. The fourth-order valence-corrected chi connectivity index (χ4v) is 3.30. The second-order valence-electron chi connectivity index (χ2n) is 6.40. The summed E-state index contributed by atoms with van der Waals surface area (Å²) >= 11 is 0. The quantitative estimate of drug-likeness (QED) is 0.899. The van der Waals surface area contributed by atoms with E-state index in [9.17, 15) is 4.79 Å². The zero-order chi connectivity index (χ0) is 15.4. The van der Waals surface area contributed by atoms with Gasteiger partial charge < -0.3 is 11.1 Å². The van der Waals surface area contributed by atoms with Crippen molar-refractivity contribution in [3.05, 3.63) is 48.0 Å². The third-order valence-electron chi connectivity index (χ3n) is 4.71. The monoisotopic (exact) mass is 332 g/mol. The Bertz CT molecular complexity index is 665. The van der Waals surface area contributed by atoms with Crippen LogP contribution in [0.2, 0.25) is 0 Å². The zero-order valence-electron chi connectivity index (χ0n) is 13.4. The Balaban J connectivity index is 0.00000192. The van der Waals surface area contributed by atoms with Gasteiger partial charge in [0.1, 0.15) is 0 Å². The molecular weight excluding hydrogens is 308 g/mol. The van der Waals surface area contributed by atoms with E-state index in [4.69, 9.17) is 5.73 Å². The second-order valence-corrected chi connectivity index (χ2v) is 6.40. The molecule has 2 aromatic carbocycles. The normalized spacial score (nSPS) is 16.6. The van der Waals surface area contributed by atoms with Crippen LogP contribution in [0.5, 0.6) is 0 Å². The predicted molar refractivity (Wildman–Crippen MR) is 97.9 cm³/mol. The molecule has 2 aromatic rings. The topological polar surface area (TPSA) is 55.1 Å². The number of rotatable bonds is 4. The zero-order valence-corrected chi connectivity index (χ0v) is 14.2. The molecule has 1 saturated carbocycles. The molecule has 23 heavy (non-hydrogen) atoms. The number of hydrogen-bond acceptors (Lipinski definition) is 2. The van der Waals surface area contributed by atoms with Crippen molar-refractivity contribution in [2.24, 2.45) is 5.73 Å². The summed E-state index contributed by atoms with van der Waals surface area (Å²) in [4.78, 5) is 12.3. The van der Waals surface area contributed by atoms with Gasteiger partial charge in [-0.1, -0.05) is 61.7 Å². The van der Waals surface area contributed by atoms with E-state index >= 15 is 0 Å². The average molecular weight is 333 g/mol. The molecule has 1 aliphatic carbocycles. The van der Waals surface area contributed by atoms with E-state index in [1.165, 1.54) is 22.8 Å². The van der Waals surface area contributed by atoms with E-state index in [0.717, 1.165) is 32.1 Å². The first kappa shape index (κ1) is 17.8. The average Bonchev–Trinajstić information content (AvgIpc) is 2.55. The number of hydrogen-bond donors (Lipinski definition) is 2. The molecule has 0 spiro atoms. The van der Waals surface area contributed by atoms with Crippen LogP contribution in [-0.2, 0) is 11.2 Å². The summed E-state index contributed by atoms with van der Waals surface area (Å²) in [7, 11) is 0. The van der Waals surface area contributed by atoms with Crippen molar-refractivity contribution in [1.82, 2.24) is 5.32 Å². The molecule has 0 unspecified atom stereocenters. The smallest absolute Gasteiger partial charge is 0.240 e. The van der Waals surface area contributed by atoms with Crippen molar-refractivity contribution < 1.29 is 4.79 Å². The van der Waals surface area contributed by atoms with E-state index in [-0.39, 0.29) is 18.3 Å². The van der Waals surface area contributed by atoms with E-state index in [0.29, 0.717) is 6.54 Å². The Morgan fingerprint density at radius 2 is 1.74 bits per heavy atom. The largest absolute Gasteiger partial charge is 0.354 e. The van der Waals surface area contributed by atoms with Crippen LogP contribution in [0.3, 0.4) is 0 Å². The number of carbonyl (C=O) groups is 1. The standard InChI is InChI=1S/C19H24N2O.ClH/c20-19(11-4-1-5-12-19)18(22)21-13-10-15-8-9-16-6-2-3-7-17(16)14-15;/h2-3,6-9,14H,1,4-5,10-13,20H2,(H,21,22);1H. The predicted octanol–water partition coefficient (Wildman–Crippen LogP) is 3.58. The molecule has 124 valence electrons. The van der Waals surface area contributed by atoms with Crippen LogP contribution in [-0.4, -0.2) is 18.0 Å². The molecule has 3 N–H and O–H groups in total. The number of benzene rings is 2. The summed E-state index contributed by atoms with van der Waals surface area (Å²) in [6.07, 6.45) is 5.79. The third kappa shape index (κ3) is 4.24. The summed E-state index contributed by atoms with van der Waals surface area (Å²) < 4.78 is 0. The van der Waals surface area contributed by atoms with Crippen molar-refractivity contribution in [3.63, 3.8) is 0 Å². The van der Waals surface area contributed by atoms with Gasteiger partial charge in [0.05, 0.1) is 5.54 Å². The lowest BCUT2D eigenvalue weighted by atomic mass is 9.82. The number of halogens is 1. The maximum absolute atomic E-state index is 12.3. The van der Waals surface area contributed by atoms with Gasteiger partial charge in [-0.25, -0.2) is 0 Å². The molecule has 0 radical (unpaired) electrons. The van der Waals surface area contributed by atoms with Gasteiger partial charge in [0, 0.05) is 6.54 Å². The van der Waals surface area contributed by atoms with Gasteiger partial charge >= 0.3 is 0 Å². The van der Waals surface area contributed by atoms with Gasteiger partial charge in [0.2, 0.25) is 5.91 Å². The second kappa shape index (κ2) is 7.80. The Morgan fingerprint density at radius 1 is 1.04 bits per heavy atom. The Labute approximate surface area is 144 Å². The lowest BCUT2D eigenvalue weighted by Crippen LogP contribution is -2.55. The molecule has 1 aliphatic rings. The molecule has 0 heterocycles. The van der Waals surface area contributed by atoms with Crippen LogP contribution in [0.4, 0.5) is 0 Å². The molecule has 1 amide bonds. The molecule has 0 bridgehead atoms. The highest BCUT2D eigenvalue weighted by Gasteiger charge is 2.34. The van der Waals surface area contributed by atoms with Crippen molar-refractivity contribution in [1.29, 1.82) is 0 Å². The lowest BCUT2D eigenvalue weighted by Gasteiger charge is -2.31. The molecule has 0 aromatic heterocycles. The molecule has 3 nitrogen and oxygen atoms in total. The third-order valence-corrected chi connectivity index (χ3v) is 4.71. The maximum atomic E-state index is 12.3. The van der Waals surface area contributed by atoms with Gasteiger partial charge in [0.15, 0.2) is 0 Å². The number of carbonyl (C=O) groups excluding carboxylic acids is 1. The van der Waals surface area contributed by atoms with Crippen LogP contribution < -0.4 is 11.1 Å². The van der Waals surface area contributed by atoms with Crippen molar-refractivity contribution in [2.75, 3.05) is 6.54 Å². The minimum absolute atomic E-state index is 0. The number of nitrogens with two attached hydrogens (primary N) is 1. The molecule has 0 aliphatic heterocycles. The van der Waals surface area contributed by atoms with E-state index in [1.54, 1.807) is 0 Å². The molecule has 3 rings (SSSR count). The first-order chi connectivity index (χ1) is 10.7. The van der Waals surface area contributed by atoms with Crippen molar-refractivity contribution >= 4 is 29.1 Å². The van der Waals surface area contributed by atoms with E-state index in [2.05, 4.69) is 41.7 Å². The van der Waals surface area contributed by atoms with Crippen LogP contribution in [0.1, 0.15) is 37.7 Å². The van der Waals surface area contributed by atoms with Gasteiger partial charge in [0.25, 0.3) is 0 Å². The lowest BCUT2D eigenvalue weighted by molar-refractivity contribution is -0.127. The minimum Gasteiger partial charge on any atom is -0.354 e. The summed E-state index contributed by atoms with van der Waals surface area (Å²) in [5.41, 5.74) is 6.85. The van der Waals surface area contributed by atoms with Crippen molar-refractivity contribution in [2.45, 2.75) is 44.1 Å². The van der Waals surface area contributed by atoms with Crippen LogP contribution in [0.15, 0.2) is 42.5 Å². The first-order valence-electron chi connectivity index (χ1n) is 8.22.